The van der Waals surface area contributed by atoms with E-state index in [2.05, 4.69) is 27.3 Å². The van der Waals surface area contributed by atoms with Gasteiger partial charge < -0.3 is 5.32 Å². The molecule has 0 aliphatic heterocycles. The van der Waals surface area contributed by atoms with Gasteiger partial charge in [-0.25, -0.2) is 4.39 Å². The van der Waals surface area contributed by atoms with Gasteiger partial charge in [-0.3, -0.25) is 0 Å². The molecule has 1 N–H and O–H groups in total. The van der Waals surface area contributed by atoms with Gasteiger partial charge in [-0.15, -0.1) is 0 Å². The molecule has 0 spiro atoms. The number of aryl methyl sites for hydroxylation is 1. The van der Waals surface area contributed by atoms with E-state index < -0.39 is 0 Å². The summed E-state index contributed by atoms with van der Waals surface area (Å²) in [5.74, 6) is 0.266. The smallest absolute Gasteiger partial charge is 0.139 e. The Morgan fingerprint density at radius 2 is 1.95 bits per heavy atom. The van der Waals surface area contributed by atoms with Crippen LogP contribution in [-0.4, -0.2) is 6.04 Å². The second kappa shape index (κ2) is 5.98. The third kappa shape index (κ3) is 3.09. The lowest BCUT2D eigenvalue weighted by atomic mass is 9.75. The number of anilines is 1. The monoisotopic (exact) mass is 367 g/mol. The van der Waals surface area contributed by atoms with Crippen LogP contribution in [0.4, 0.5) is 10.1 Å². The Morgan fingerprint density at radius 1 is 1.24 bits per heavy atom. The lowest BCUT2D eigenvalue weighted by molar-refractivity contribution is 0.374. The van der Waals surface area contributed by atoms with Gasteiger partial charge >= 0.3 is 0 Å². The Bertz CT molecular complexity index is 668. The van der Waals surface area contributed by atoms with Gasteiger partial charge in [0.1, 0.15) is 5.82 Å². The van der Waals surface area contributed by atoms with Crippen molar-refractivity contribution in [1.29, 1.82) is 0 Å². The first-order chi connectivity index (χ1) is 10.0. The highest BCUT2D eigenvalue weighted by atomic mass is 79.9. The zero-order valence-corrected chi connectivity index (χ0v) is 14.0. The second-order valence-corrected chi connectivity index (χ2v) is 6.87. The third-order valence-electron chi connectivity index (χ3n) is 4.11. The highest BCUT2D eigenvalue weighted by molar-refractivity contribution is 9.10. The molecule has 3 rings (SSSR count). The Morgan fingerprint density at radius 3 is 2.67 bits per heavy atom. The molecule has 2 aromatic rings. The zero-order chi connectivity index (χ0) is 15.0. The van der Waals surface area contributed by atoms with Crippen LogP contribution in [0.5, 0.6) is 0 Å². The molecular formula is C17H16BrClFN. The Labute approximate surface area is 137 Å². The van der Waals surface area contributed by atoms with Gasteiger partial charge in [0.15, 0.2) is 0 Å². The number of benzene rings is 2. The van der Waals surface area contributed by atoms with Crippen LogP contribution in [0, 0.1) is 12.7 Å². The van der Waals surface area contributed by atoms with Crippen molar-refractivity contribution >= 4 is 33.2 Å². The van der Waals surface area contributed by atoms with E-state index >= 15 is 0 Å². The third-order valence-corrected chi connectivity index (χ3v) is 5.06. The van der Waals surface area contributed by atoms with Crippen molar-refractivity contribution in [1.82, 2.24) is 0 Å². The first kappa shape index (κ1) is 14.9. The summed E-state index contributed by atoms with van der Waals surface area (Å²) in [7, 11) is 0. The van der Waals surface area contributed by atoms with Gasteiger partial charge in [-0.2, -0.15) is 0 Å². The maximum atomic E-state index is 13.6. The van der Waals surface area contributed by atoms with Crippen molar-refractivity contribution < 1.29 is 4.39 Å². The van der Waals surface area contributed by atoms with Crippen LogP contribution < -0.4 is 5.32 Å². The van der Waals surface area contributed by atoms with E-state index in [1.54, 1.807) is 6.07 Å². The average Bonchev–Trinajstić information content (AvgIpc) is 2.40. The summed E-state index contributed by atoms with van der Waals surface area (Å²) in [6, 6.07) is 11.7. The Kier molecular flexibility index (Phi) is 4.23. The van der Waals surface area contributed by atoms with Crippen LogP contribution in [0.25, 0.3) is 0 Å². The molecule has 21 heavy (non-hydrogen) atoms. The highest BCUT2D eigenvalue weighted by Crippen LogP contribution is 2.41. The van der Waals surface area contributed by atoms with Gasteiger partial charge in [0.2, 0.25) is 0 Å². The highest BCUT2D eigenvalue weighted by Gasteiger charge is 2.31. The molecule has 0 heterocycles. The van der Waals surface area contributed by atoms with Crippen LogP contribution >= 0.6 is 27.5 Å². The van der Waals surface area contributed by atoms with Gasteiger partial charge in [0.05, 0.1) is 4.47 Å². The van der Waals surface area contributed by atoms with E-state index in [0.717, 1.165) is 29.1 Å². The fourth-order valence-electron chi connectivity index (χ4n) is 2.82. The van der Waals surface area contributed by atoms with E-state index in [0.29, 0.717) is 16.4 Å². The number of halogens is 3. The molecule has 0 amide bonds. The Hall–Kier alpha value is -1.06. The minimum absolute atomic E-state index is 0.231. The summed E-state index contributed by atoms with van der Waals surface area (Å²) >= 11 is 9.44. The predicted octanol–water partition coefficient (Wildman–Crippen LogP) is 5.91. The summed E-state index contributed by atoms with van der Waals surface area (Å²) in [6.45, 7) is 1.98. The molecule has 0 unspecified atom stereocenters. The molecule has 1 aliphatic rings. The number of nitrogens with one attached hydrogen (secondary N) is 1. The van der Waals surface area contributed by atoms with Crippen molar-refractivity contribution in [3.63, 3.8) is 0 Å². The first-order valence-corrected chi connectivity index (χ1v) is 8.18. The lowest BCUT2D eigenvalue weighted by Crippen LogP contribution is -2.34. The molecule has 0 atom stereocenters. The molecular weight excluding hydrogens is 353 g/mol. The summed E-state index contributed by atoms with van der Waals surface area (Å²) < 4.78 is 14.1. The van der Waals surface area contributed by atoms with E-state index in [1.807, 2.05) is 31.2 Å². The molecule has 0 aromatic heterocycles. The van der Waals surface area contributed by atoms with E-state index in [4.69, 9.17) is 11.6 Å². The van der Waals surface area contributed by atoms with Crippen molar-refractivity contribution in [2.75, 3.05) is 5.32 Å². The summed E-state index contributed by atoms with van der Waals surface area (Å²) in [6.07, 6.45) is 2.06. The molecule has 0 saturated heterocycles. The van der Waals surface area contributed by atoms with Crippen molar-refractivity contribution in [3.8, 4) is 0 Å². The van der Waals surface area contributed by atoms with Crippen molar-refractivity contribution in [2.45, 2.75) is 31.7 Å². The van der Waals surface area contributed by atoms with Crippen LogP contribution in [0.1, 0.15) is 29.9 Å². The van der Waals surface area contributed by atoms with Crippen molar-refractivity contribution in [2.24, 2.45) is 0 Å². The molecule has 1 fully saturated rings. The van der Waals surface area contributed by atoms with Crippen LogP contribution in [0.3, 0.4) is 0 Å². The molecule has 2 aromatic carbocycles. The molecule has 0 radical (unpaired) electrons. The molecule has 0 bridgehead atoms. The number of hydrogen-bond acceptors (Lipinski definition) is 1. The maximum Gasteiger partial charge on any atom is 0.139 e. The van der Waals surface area contributed by atoms with Crippen LogP contribution in [0.15, 0.2) is 40.9 Å². The molecule has 1 nitrogen and oxygen atoms in total. The largest absolute Gasteiger partial charge is 0.382 e. The lowest BCUT2D eigenvalue weighted by Gasteiger charge is -2.37. The first-order valence-electron chi connectivity index (χ1n) is 7.01. The van der Waals surface area contributed by atoms with Gasteiger partial charge in [-0.05, 0) is 70.9 Å². The van der Waals surface area contributed by atoms with Gasteiger partial charge in [-0.1, -0.05) is 29.8 Å². The molecule has 1 saturated carbocycles. The van der Waals surface area contributed by atoms with Gasteiger partial charge in [0, 0.05) is 16.8 Å². The molecule has 110 valence electrons. The van der Waals surface area contributed by atoms with E-state index in [1.165, 1.54) is 5.56 Å². The van der Waals surface area contributed by atoms with Crippen LogP contribution in [0.2, 0.25) is 5.02 Å². The summed E-state index contributed by atoms with van der Waals surface area (Å²) in [4.78, 5) is 0. The average molecular weight is 369 g/mol. The van der Waals surface area contributed by atoms with E-state index in [9.17, 15) is 4.39 Å². The molecule has 1 aliphatic carbocycles. The Balaban J connectivity index is 1.65. The number of hydrogen-bond donors (Lipinski definition) is 1. The molecule has 4 heteroatoms. The zero-order valence-electron chi connectivity index (χ0n) is 11.7. The minimum Gasteiger partial charge on any atom is -0.382 e. The fourth-order valence-corrected chi connectivity index (χ4v) is 3.57. The van der Waals surface area contributed by atoms with Crippen LogP contribution in [-0.2, 0) is 0 Å². The SMILES string of the molecule is Cc1cc(Br)c(F)cc1NC1CC(c2ccccc2Cl)C1. The van der Waals surface area contributed by atoms with Crippen molar-refractivity contribution in [3.05, 3.63) is 62.8 Å². The predicted molar refractivity (Wildman–Crippen MR) is 89.7 cm³/mol. The fraction of sp³-hybridized carbons (Fsp3) is 0.294. The van der Waals surface area contributed by atoms with Gasteiger partial charge in [0.25, 0.3) is 0 Å². The summed E-state index contributed by atoms with van der Waals surface area (Å²) in [5.41, 5.74) is 3.14. The standard InChI is InChI=1S/C17H16BrClFN/c1-10-6-14(18)16(20)9-17(10)21-12-7-11(8-12)13-4-2-3-5-15(13)19/h2-6,9,11-12,21H,7-8H2,1H3. The second-order valence-electron chi connectivity index (χ2n) is 5.61. The topological polar surface area (TPSA) is 12.0 Å². The minimum atomic E-state index is -0.231. The van der Waals surface area contributed by atoms with E-state index in [-0.39, 0.29) is 5.82 Å². The normalized spacial score (nSPS) is 21.0. The summed E-state index contributed by atoms with van der Waals surface area (Å²) in [5, 5.41) is 4.27. The quantitative estimate of drug-likeness (QED) is 0.710. The maximum absolute atomic E-state index is 13.6. The number of rotatable bonds is 3.